The molecule has 3 nitrogen and oxygen atoms in total. The Labute approximate surface area is 122 Å². The van der Waals surface area contributed by atoms with Crippen LogP contribution in [-0.2, 0) is 11.2 Å². The van der Waals surface area contributed by atoms with Crippen molar-refractivity contribution in [3.63, 3.8) is 0 Å². The number of hydrazine groups is 1. The molecule has 1 aromatic carbocycles. The highest BCUT2D eigenvalue weighted by atomic mass is 19.4. The van der Waals surface area contributed by atoms with Gasteiger partial charge in [-0.15, -0.1) is 0 Å². The zero-order valence-electron chi connectivity index (χ0n) is 11.9. The first kappa shape index (κ1) is 15.8. The third-order valence-electron chi connectivity index (χ3n) is 3.63. The first-order valence-electron chi connectivity index (χ1n) is 7.04. The van der Waals surface area contributed by atoms with E-state index < -0.39 is 12.2 Å². The fourth-order valence-electron chi connectivity index (χ4n) is 2.59. The van der Waals surface area contributed by atoms with Crippen LogP contribution in [-0.4, -0.2) is 29.7 Å². The summed E-state index contributed by atoms with van der Waals surface area (Å²) in [6, 6.07) is 6.18. The molecule has 1 aliphatic heterocycles. The molecule has 0 bridgehead atoms. The average Bonchev–Trinajstić information content (AvgIpc) is 2.79. The topological polar surface area (TPSA) is 32.3 Å². The van der Waals surface area contributed by atoms with E-state index in [1.54, 1.807) is 0 Å². The molecule has 1 saturated heterocycles. The van der Waals surface area contributed by atoms with Crippen molar-refractivity contribution in [1.82, 2.24) is 10.4 Å². The molecule has 2 rings (SSSR count). The van der Waals surface area contributed by atoms with Gasteiger partial charge in [0.05, 0.1) is 0 Å². The van der Waals surface area contributed by atoms with Crippen LogP contribution in [0.3, 0.4) is 0 Å². The molecule has 1 fully saturated rings. The van der Waals surface area contributed by atoms with Crippen LogP contribution in [0.5, 0.6) is 0 Å². The van der Waals surface area contributed by atoms with Crippen molar-refractivity contribution in [2.75, 3.05) is 6.54 Å². The third-order valence-corrected chi connectivity index (χ3v) is 3.63. The highest BCUT2D eigenvalue weighted by Gasteiger charge is 2.45. The fourth-order valence-corrected chi connectivity index (χ4v) is 2.59. The van der Waals surface area contributed by atoms with Crippen LogP contribution < -0.4 is 5.43 Å². The molecule has 0 aromatic heterocycles. The minimum atomic E-state index is -4.33. The van der Waals surface area contributed by atoms with Crippen LogP contribution in [0.2, 0.25) is 0 Å². The van der Waals surface area contributed by atoms with Crippen molar-refractivity contribution in [2.24, 2.45) is 0 Å². The van der Waals surface area contributed by atoms with Gasteiger partial charge >= 0.3 is 6.18 Å². The molecule has 116 valence electrons. The molecule has 1 unspecified atom stereocenters. The Hall–Kier alpha value is -1.56. The van der Waals surface area contributed by atoms with E-state index in [-0.39, 0.29) is 25.3 Å². The van der Waals surface area contributed by atoms with Crippen molar-refractivity contribution in [3.8, 4) is 0 Å². The molecule has 1 N–H and O–H groups in total. The molecule has 0 saturated carbocycles. The number of halogens is 3. The highest BCUT2D eigenvalue weighted by Crippen LogP contribution is 2.29. The van der Waals surface area contributed by atoms with Gasteiger partial charge in [0.2, 0.25) is 5.91 Å². The van der Waals surface area contributed by atoms with Gasteiger partial charge < -0.3 is 0 Å². The Morgan fingerprint density at radius 3 is 2.71 bits per heavy atom. The van der Waals surface area contributed by atoms with Crippen LogP contribution in [0.1, 0.15) is 30.4 Å². The van der Waals surface area contributed by atoms with E-state index in [9.17, 15) is 18.0 Å². The van der Waals surface area contributed by atoms with E-state index in [0.29, 0.717) is 12.8 Å². The lowest BCUT2D eigenvalue weighted by molar-refractivity contribution is -0.190. The minimum absolute atomic E-state index is 0.0161. The second kappa shape index (κ2) is 6.47. The number of hydrogen-bond acceptors (Lipinski definition) is 2. The lowest BCUT2D eigenvalue weighted by Crippen LogP contribution is -2.49. The Kier molecular flexibility index (Phi) is 4.88. The first-order valence-corrected chi connectivity index (χ1v) is 7.04. The van der Waals surface area contributed by atoms with Crippen molar-refractivity contribution in [1.29, 1.82) is 0 Å². The van der Waals surface area contributed by atoms with Crippen LogP contribution >= 0.6 is 0 Å². The monoisotopic (exact) mass is 300 g/mol. The maximum atomic E-state index is 13.1. The lowest BCUT2D eigenvalue weighted by Gasteiger charge is -2.28. The Morgan fingerprint density at radius 2 is 2.14 bits per heavy atom. The molecule has 1 amide bonds. The van der Waals surface area contributed by atoms with Crippen LogP contribution in [0.15, 0.2) is 24.3 Å². The number of amides is 1. The predicted octanol–water partition coefficient (Wildman–Crippen LogP) is 2.99. The smallest absolute Gasteiger partial charge is 0.288 e. The molecular formula is C15H19F3N2O. The number of nitrogens with one attached hydrogen (secondary N) is 1. The van der Waals surface area contributed by atoms with Gasteiger partial charge in [0.15, 0.2) is 0 Å². The van der Waals surface area contributed by atoms with Gasteiger partial charge in [0.25, 0.3) is 0 Å². The van der Waals surface area contributed by atoms with Gasteiger partial charge in [-0.1, -0.05) is 29.8 Å². The van der Waals surface area contributed by atoms with Crippen molar-refractivity contribution < 1.29 is 18.0 Å². The van der Waals surface area contributed by atoms with E-state index >= 15 is 0 Å². The standard InChI is InChI=1S/C15H19F3N2O/c1-11-4-2-5-12(10-11)6-3-7-13(15(16,17)18)20-9-8-14(21)19-20/h2,4-5,10,13H,3,6-9H2,1H3,(H,19,21). The molecule has 1 aliphatic rings. The summed E-state index contributed by atoms with van der Waals surface area (Å²) in [6.07, 6.45) is -3.18. The van der Waals surface area contributed by atoms with E-state index in [2.05, 4.69) is 5.43 Å². The number of aryl methyl sites for hydroxylation is 2. The SMILES string of the molecule is Cc1cccc(CCCC(N2CCC(=O)N2)C(F)(F)F)c1. The summed E-state index contributed by atoms with van der Waals surface area (Å²) in [4.78, 5) is 11.1. The summed E-state index contributed by atoms with van der Waals surface area (Å²) in [6.45, 7) is 2.08. The third kappa shape index (κ3) is 4.46. The number of hydrogen-bond donors (Lipinski definition) is 1. The summed E-state index contributed by atoms with van der Waals surface area (Å²) in [5.74, 6) is -0.345. The summed E-state index contributed by atoms with van der Waals surface area (Å²) in [5.41, 5.74) is 4.44. The molecule has 1 heterocycles. The van der Waals surface area contributed by atoms with Crippen molar-refractivity contribution in [2.45, 2.75) is 44.8 Å². The molecule has 1 atom stereocenters. The van der Waals surface area contributed by atoms with Gasteiger partial charge in [-0.05, 0) is 31.7 Å². The second-order valence-corrected chi connectivity index (χ2v) is 5.42. The normalized spacial score (nSPS) is 17.8. The van der Waals surface area contributed by atoms with Gasteiger partial charge in [-0.25, -0.2) is 5.01 Å². The number of carbonyl (C=O) groups is 1. The second-order valence-electron chi connectivity index (χ2n) is 5.42. The van der Waals surface area contributed by atoms with E-state index in [1.165, 1.54) is 0 Å². The highest BCUT2D eigenvalue weighted by molar-refractivity contribution is 5.77. The van der Waals surface area contributed by atoms with Crippen molar-refractivity contribution in [3.05, 3.63) is 35.4 Å². The Balaban J connectivity index is 1.92. The zero-order chi connectivity index (χ0) is 15.5. The number of benzene rings is 1. The van der Waals surface area contributed by atoms with Gasteiger partial charge in [-0.2, -0.15) is 13.2 Å². The maximum absolute atomic E-state index is 13.1. The van der Waals surface area contributed by atoms with Gasteiger partial charge in [0.1, 0.15) is 6.04 Å². The molecule has 6 heteroatoms. The number of alkyl halides is 3. The lowest BCUT2D eigenvalue weighted by atomic mass is 10.0. The summed E-state index contributed by atoms with van der Waals surface area (Å²) >= 11 is 0. The number of rotatable bonds is 5. The summed E-state index contributed by atoms with van der Waals surface area (Å²) in [7, 11) is 0. The molecule has 0 radical (unpaired) electrons. The summed E-state index contributed by atoms with van der Waals surface area (Å²) in [5, 5.41) is 1.03. The van der Waals surface area contributed by atoms with E-state index in [4.69, 9.17) is 0 Å². The maximum Gasteiger partial charge on any atom is 0.405 e. The number of nitrogens with zero attached hydrogens (tertiary/aromatic N) is 1. The van der Waals surface area contributed by atoms with E-state index in [1.807, 2.05) is 31.2 Å². The average molecular weight is 300 g/mol. The molecule has 0 aliphatic carbocycles. The Morgan fingerprint density at radius 1 is 1.38 bits per heavy atom. The predicted molar refractivity (Wildman–Crippen MR) is 73.4 cm³/mol. The largest absolute Gasteiger partial charge is 0.405 e. The molecule has 0 spiro atoms. The first-order chi connectivity index (χ1) is 9.86. The zero-order valence-corrected chi connectivity index (χ0v) is 11.9. The molecular weight excluding hydrogens is 281 g/mol. The van der Waals surface area contributed by atoms with Crippen LogP contribution in [0, 0.1) is 6.92 Å². The Bertz CT molecular complexity index is 502. The summed E-state index contributed by atoms with van der Waals surface area (Å²) < 4.78 is 39.3. The number of carbonyl (C=O) groups excluding carboxylic acids is 1. The molecule has 21 heavy (non-hydrogen) atoms. The van der Waals surface area contributed by atoms with Gasteiger partial charge in [0, 0.05) is 13.0 Å². The quantitative estimate of drug-likeness (QED) is 0.906. The van der Waals surface area contributed by atoms with Gasteiger partial charge in [-0.3, -0.25) is 10.2 Å². The van der Waals surface area contributed by atoms with Crippen molar-refractivity contribution >= 4 is 5.91 Å². The van der Waals surface area contributed by atoms with E-state index in [0.717, 1.165) is 16.1 Å². The van der Waals surface area contributed by atoms with Crippen LogP contribution in [0.25, 0.3) is 0 Å². The fraction of sp³-hybridized carbons (Fsp3) is 0.533. The van der Waals surface area contributed by atoms with Crippen LogP contribution in [0.4, 0.5) is 13.2 Å². The minimum Gasteiger partial charge on any atom is -0.288 e. The molecule has 1 aromatic rings.